The third-order valence-electron chi connectivity index (χ3n) is 5.09. The zero-order chi connectivity index (χ0) is 20.2. The van der Waals surface area contributed by atoms with E-state index in [4.69, 9.17) is 15.3 Å². The number of primary amides is 1. The minimum atomic E-state index is -0.642. The van der Waals surface area contributed by atoms with E-state index in [-0.39, 0.29) is 5.71 Å². The van der Waals surface area contributed by atoms with E-state index < -0.39 is 5.91 Å². The second-order valence-electron chi connectivity index (χ2n) is 6.93. The molecule has 1 heterocycles. The summed E-state index contributed by atoms with van der Waals surface area (Å²) < 4.78 is 6.19. The van der Waals surface area contributed by atoms with Crippen LogP contribution in [0.2, 0.25) is 0 Å². The molecule has 2 aromatic carbocycles. The van der Waals surface area contributed by atoms with Crippen molar-refractivity contribution in [1.29, 1.82) is 0 Å². The zero-order valence-corrected chi connectivity index (χ0v) is 16.9. The molecular weight excluding hydrogens is 384 g/mol. The minimum absolute atomic E-state index is 0.0833. The van der Waals surface area contributed by atoms with Crippen molar-refractivity contribution in [3.8, 4) is 5.75 Å². The highest BCUT2D eigenvalue weighted by atomic mass is 32.1. The van der Waals surface area contributed by atoms with Crippen molar-refractivity contribution in [2.24, 2.45) is 10.9 Å². The lowest BCUT2D eigenvalue weighted by molar-refractivity contribution is -0.112. The summed E-state index contributed by atoms with van der Waals surface area (Å²) in [4.78, 5) is 18.0. The van der Waals surface area contributed by atoms with Crippen molar-refractivity contribution in [2.75, 3.05) is 7.11 Å². The van der Waals surface area contributed by atoms with Crippen LogP contribution in [0.1, 0.15) is 39.8 Å². The molecule has 0 saturated heterocycles. The summed E-state index contributed by atoms with van der Waals surface area (Å²) in [6.07, 6.45) is 1.14. The highest BCUT2D eigenvalue weighted by Crippen LogP contribution is 2.57. The van der Waals surface area contributed by atoms with Gasteiger partial charge in [-0.1, -0.05) is 53.7 Å². The Kier molecular flexibility index (Phi) is 5.62. The van der Waals surface area contributed by atoms with Gasteiger partial charge in [-0.15, -0.1) is 11.3 Å². The van der Waals surface area contributed by atoms with E-state index in [0.29, 0.717) is 24.0 Å². The number of thiophene rings is 1. The van der Waals surface area contributed by atoms with Gasteiger partial charge in [-0.2, -0.15) is 0 Å². The Bertz CT molecular complexity index is 1030. The van der Waals surface area contributed by atoms with E-state index in [1.165, 1.54) is 17.6 Å². The van der Waals surface area contributed by atoms with Crippen LogP contribution in [0.15, 0.2) is 71.2 Å². The summed E-state index contributed by atoms with van der Waals surface area (Å²) in [5, 5.41) is 5.92. The largest absolute Gasteiger partial charge is 0.489 e. The van der Waals surface area contributed by atoms with Gasteiger partial charge < -0.3 is 15.3 Å². The smallest absolute Gasteiger partial charge is 0.271 e. The van der Waals surface area contributed by atoms with Gasteiger partial charge in [0.15, 0.2) is 5.71 Å². The molecule has 29 heavy (non-hydrogen) atoms. The predicted octanol–water partition coefficient (Wildman–Crippen LogP) is 4.43. The van der Waals surface area contributed by atoms with Crippen LogP contribution in [-0.4, -0.2) is 18.7 Å². The maximum absolute atomic E-state index is 11.8. The van der Waals surface area contributed by atoms with Crippen LogP contribution in [0.3, 0.4) is 0 Å². The molecule has 1 aliphatic carbocycles. The van der Waals surface area contributed by atoms with Gasteiger partial charge in [0.05, 0.1) is 0 Å². The average Bonchev–Trinajstić information content (AvgIpc) is 3.34. The first kappa shape index (κ1) is 19.2. The number of carbonyl (C=O) groups excluding carboxylic acids is 1. The molecule has 0 aliphatic heterocycles. The molecule has 1 saturated carbocycles. The van der Waals surface area contributed by atoms with Crippen molar-refractivity contribution < 1.29 is 14.4 Å². The molecule has 0 bridgehead atoms. The second-order valence-corrected chi connectivity index (χ2v) is 7.91. The number of nitrogens with two attached hydrogens (primary N) is 1. The summed E-state index contributed by atoms with van der Waals surface area (Å²) in [7, 11) is 1.39. The number of amides is 1. The van der Waals surface area contributed by atoms with Crippen LogP contribution < -0.4 is 10.5 Å². The van der Waals surface area contributed by atoms with E-state index in [2.05, 4.69) is 34.8 Å². The standard InChI is InChI=1S/C23H22N2O3S/c1-27-25-22(23(24)26)16-8-3-2-7-15(16)14-28-20-10-5-4-9-17(20)18-13-19(18)21-11-6-12-29-21/h2-12,18-19H,13-14H2,1H3,(H2,24,26). The lowest BCUT2D eigenvalue weighted by Gasteiger charge is -2.14. The molecule has 148 valence electrons. The molecule has 4 rings (SSSR count). The van der Waals surface area contributed by atoms with Gasteiger partial charge in [-0.3, -0.25) is 4.79 Å². The predicted molar refractivity (Wildman–Crippen MR) is 114 cm³/mol. The van der Waals surface area contributed by atoms with Crippen LogP contribution in [0.4, 0.5) is 0 Å². The first-order valence-electron chi connectivity index (χ1n) is 9.43. The zero-order valence-electron chi connectivity index (χ0n) is 16.1. The Balaban J connectivity index is 1.54. The Labute approximate surface area is 173 Å². The second kappa shape index (κ2) is 8.49. The van der Waals surface area contributed by atoms with Crippen molar-refractivity contribution in [1.82, 2.24) is 0 Å². The fourth-order valence-electron chi connectivity index (χ4n) is 3.62. The maximum atomic E-state index is 11.8. The van der Waals surface area contributed by atoms with E-state index in [1.54, 1.807) is 6.07 Å². The average molecular weight is 407 g/mol. The topological polar surface area (TPSA) is 73.9 Å². The monoisotopic (exact) mass is 406 g/mol. The van der Waals surface area contributed by atoms with E-state index in [1.807, 2.05) is 41.7 Å². The quantitative estimate of drug-likeness (QED) is 0.444. The van der Waals surface area contributed by atoms with Crippen molar-refractivity contribution in [2.45, 2.75) is 24.9 Å². The molecule has 2 atom stereocenters. The highest BCUT2D eigenvalue weighted by molar-refractivity contribution is 7.10. The van der Waals surface area contributed by atoms with Crippen molar-refractivity contribution >= 4 is 23.0 Å². The summed E-state index contributed by atoms with van der Waals surface area (Å²) in [5.41, 5.74) is 8.22. The van der Waals surface area contributed by atoms with E-state index >= 15 is 0 Å². The molecule has 1 fully saturated rings. The summed E-state index contributed by atoms with van der Waals surface area (Å²) in [6.45, 7) is 0.305. The number of oxime groups is 1. The van der Waals surface area contributed by atoms with Crippen LogP contribution in [0.5, 0.6) is 5.75 Å². The van der Waals surface area contributed by atoms with Gasteiger partial charge in [0, 0.05) is 16.4 Å². The fraction of sp³-hybridized carbons (Fsp3) is 0.217. The molecule has 6 heteroatoms. The molecule has 2 unspecified atom stereocenters. The molecule has 0 radical (unpaired) electrons. The maximum Gasteiger partial charge on any atom is 0.271 e. The minimum Gasteiger partial charge on any atom is -0.489 e. The number of rotatable bonds is 8. The molecule has 0 spiro atoms. The Morgan fingerprint density at radius 3 is 2.66 bits per heavy atom. The van der Waals surface area contributed by atoms with Crippen LogP contribution in [-0.2, 0) is 16.2 Å². The molecule has 3 aromatic rings. The first-order valence-corrected chi connectivity index (χ1v) is 10.3. The summed E-state index contributed by atoms with van der Waals surface area (Å²) in [5.74, 6) is 1.28. The van der Waals surface area contributed by atoms with Gasteiger partial charge in [0.25, 0.3) is 5.91 Å². The van der Waals surface area contributed by atoms with Gasteiger partial charge in [0.2, 0.25) is 0 Å². The summed E-state index contributed by atoms with van der Waals surface area (Å²) in [6, 6.07) is 19.9. The Morgan fingerprint density at radius 2 is 1.90 bits per heavy atom. The van der Waals surface area contributed by atoms with Crippen LogP contribution >= 0.6 is 11.3 Å². The molecular formula is C23H22N2O3S. The number of hydrogen-bond donors (Lipinski definition) is 1. The number of benzene rings is 2. The lowest BCUT2D eigenvalue weighted by atomic mass is 10.0. The molecule has 1 amide bonds. The summed E-state index contributed by atoms with van der Waals surface area (Å²) >= 11 is 1.81. The molecule has 1 aliphatic rings. The number of carbonyl (C=O) groups is 1. The number of para-hydroxylation sites is 1. The SMILES string of the molecule is CON=C(C(N)=O)c1ccccc1COc1ccccc1C1CC1c1cccs1. The molecule has 1 aromatic heterocycles. The number of hydrogen-bond acceptors (Lipinski definition) is 5. The molecule has 5 nitrogen and oxygen atoms in total. The van der Waals surface area contributed by atoms with Gasteiger partial charge in [0.1, 0.15) is 19.5 Å². The number of ether oxygens (including phenoxy) is 1. The first-order chi connectivity index (χ1) is 14.2. The number of nitrogens with zero attached hydrogens (tertiary/aromatic N) is 1. The molecule has 2 N–H and O–H groups in total. The lowest BCUT2D eigenvalue weighted by Crippen LogP contribution is -2.25. The van der Waals surface area contributed by atoms with Gasteiger partial charge in [-0.05, 0) is 41.0 Å². The van der Waals surface area contributed by atoms with E-state index in [9.17, 15) is 4.79 Å². The van der Waals surface area contributed by atoms with E-state index in [0.717, 1.165) is 17.7 Å². The third-order valence-corrected chi connectivity index (χ3v) is 6.09. The van der Waals surface area contributed by atoms with Crippen molar-refractivity contribution in [3.05, 3.63) is 87.6 Å². The van der Waals surface area contributed by atoms with Gasteiger partial charge >= 0.3 is 0 Å². The highest BCUT2D eigenvalue weighted by Gasteiger charge is 2.41. The fourth-order valence-corrected chi connectivity index (χ4v) is 4.53. The van der Waals surface area contributed by atoms with Gasteiger partial charge in [-0.25, -0.2) is 0 Å². The van der Waals surface area contributed by atoms with Crippen LogP contribution in [0, 0.1) is 0 Å². The van der Waals surface area contributed by atoms with Crippen molar-refractivity contribution in [3.63, 3.8) is 0 Å². The Morgan fingerprint density at radius 1 is 1.10 bits per heavy atom. The van der Waals surface area contributed by atoms with Crippen LogP contribution in [0.25, 0.3) is 0 Å². The normalized spacial score (nSPS) is 18.3. The third kappa shape index (κ3) is 4.17. The Hall–Kier alpha value is -3.12.